The number of carbonyl (C=O) groups is 1. The minimum absolute atomic E-state index is 0.0243. The average molecular weight is 642 g/mol. The van der Waals surface area contributed by atoms with Gasteiger partial charge in [-0.3, -0.25) is 9.69 Å². The number of ether oxygens (including phenoxy) is 6. The number of methoxy groups -OCH3 is 1. The van der Waals surface area contributed by atoms with Crippen molar-refractivity contribution in [2.75, 3.05) is 99.9 Å². The summed E-state index contributed by atoms with van der Waals surface area (Å²) in [5.74, 6) is 0.0243. The van der Waals surface area contributed by atoms with Gasteiger partial charge in [0, 0.05) is 33.8 Å². The molecule has 0 bridgehead atoms. The highest BCUT2D eigenvalue weighted by Crippen LogP contribution is 2.26. The first-order valence-electron chi connectivity index (χ1n) is 14.9. The first-order valence-corrected chi connectivity index (χ1v) is 15.6. The van der Waals surface area contributed by atoms with E-state index >= 15 is 0 Å². The van der Waals surface area contributed by atoms with E-state index in [0.717, 1.165) is 37.2 Å². The summed E-state index contributed by atoms with van der Waals surface area (Å²) in [6.07, 6.45) is 1.35. The van der Waals surface area contributed by atoms with Crippen LogP contribution in [0.2, 0.25) is 10.0 Å². The molecule has 0 aliphatic carbocycles. The van der Waals surface area contributed by atoms with Crippen molar-refractivity contribution in [2.45, 2.75) is 25.0 Å². The highest BCUT2D eigenvalue weighted by atomic mass is 35.5. The van der Waals surface area contributed by atoms with Gasteiger partial charge in [0.2, 0.25) is 5.91 Å². The zero-order chi connectivity index (χ0) is 30.7. The maximum atomic E-state index is 13.3. The molecule has 9 nitrogen and oxygen atoms in total. The maximum Gasteiger partial charge on any atom is 0.227 e. The van der Waals surface area contributed by atoms with E-state index in [0.29, 0.717) is 76.1 Å². The lowest BCUT2D eigenvalue weighted by atomic mass is 10.0. The third-order valence-corrected chi connectivity index (χ3v) is 7.91. The molecule has 43 heavy (non-hydrogen) atoms. The number of likely N-dealkylation sites (N-methyl/N-ethyl adjacent to an activating group) is 1. The first kappa shape index (κ1) is 35.7. The van der Waals surface area contributed by atoms with Gasteiger partial charge in [0.15, 0.2) is 0 Å². The van der Waals surface area contributed by atoms with E-state index in [9.17, 15) is 4.79 Å². The van der Waals surface area contributed by atoms with Crippen LogP contribution in [0.1, 0.15) is 23.6 Å². The molecule has 2 atom stereocenters. The summed E-state index contributed by atoms with van der Waals surface area (Å²) in [6.45, 7) is 7.87. The van der Waals surface area contributed by atoms with Crippen molar-refractivity contribution in [1.29, 1.82) is 0 Å². The monoisotopic (exact) mass is 640 g/mol. The predicted molar refractivity (Wildman–Crippen MR) is 168 cm³/mol. The van der Waals surface area contributed by atoms with Gasteiger partial charge in [-0.1, -0.05) is 59.6 Å². The van der Waals surface area contributed by atoms with E-state index in [-0.39, 0.29) is 24.5 Å². The number of likely N-dealkylation sites (tertiary alicyclic amines) is 1. The van der Waals surface area contributed by atoms with Gasteiger partial charge in [0.25, 0.3) is 0 Å². The Balaban J connectivity index is 1.31. The Morgan fingerprint density at radius 1 is 0.860 bits per heavy atom. The summed E-state index contributed by atoms with van der Waals surface area (Å²) < 4.78 is 33.0. The molecular formula is C32H46Cl2N2O7. The van der Waals surface area contributed by atoms with E-state index in [1.165, 1.54) is 0 Å². The highest BCUT2D eigenvalue weighted by Gasteiger charge is 2.29. The Morgan fingerprint density at radius 2 is 1.47 bits per heavy atom. The molecule has 1 amide bonds. The van der Waals surface area contributed by atoms with Gasteiger partial charge >= 0.3 is 0 Å². The first-order chi connectivity index (χ1) is 21.0. The van der Waals surface area contributed by atoms with Crippen LogP contribution in [-0.2, 0) is 39.6 Å². The van der Waals surface area contributed by atoms with Crippen LogP contribution in [0, 0.1) is 0 Å². The van der Waals surface area contributed by atoms with Crippen LogP contribution in [-0.4, -0.2) is 122 Å². The summed E-state index contributed by atoms with van der Waals surface area (Å²) in [5.41, 5.74) is 1.94. The smallest absolute Gasteiger partial charge is 0.227 e. The molecule has 0 N–H and O–H groups in total. The van der Waals surface area contributed by atoms with Crippen LogP contribution in [0.3, 0.4) is 0 Å². The fourth-order valence-corrected chi connectivity index (χ4v) is 5.09. The van der Waals surface area contributed by atoms with E-state index < -0.39 is 0 Å². The third kappa shape index (κ3) is 13.8. The topological polar surface area (TPSA) is 78.9 Å². The second kappa shape index (κ2) is 21.0. The number of benzene rings is 2. The lowest BCUT2D eigenvalue weighted by molar-refractivity contribution is -0.131. The number of hydrogen-bond acceptors (Lipinski definition) is 8. The molecule has 2 unspecified atom stereocenters. The van der Waals surface area contributed by atoms with Crippen LogP contribution in [0.4, 0.5) is 0 Å². The lowest BCUT2D eigenvalue weighted by Gasteiger charge is -2.32. The molecule has 1 aliphatic heterocycles. The highest BCUT2D eigenvalue weighted by molar-refractivity contribution is 6.42. The van der Waals surface area contributed by atoms with Crippen LogP contribution in [0.25, 0.3) is 0 Å². The molecule has 1 aliphatic rings. The Labute approximate surface area is 266 Å². The van der Waals surface area contributed by atoms with E-state index in [4.69, 9.17) is 51.6 Å². The number of carbonyl (C=O) groups excluding carboxylic acids is 1. The van der Waals surface area contributed by atoms with Crippen LogP contribution in [0.5, 0.6) is 0 Å². The van der Waals surface area contributed by atoms with Gasteiger partial charge < -0.3 is 33.3 Å². The largest absolute Gasteiger partial charge is 0.382 e. The van der Waals surface area contributed by atoms with E-state index in [1.54, 1.807) is 19.2 Å². The lowest BCUT2D eigenvalue weighted by Crippen LogP contribution is -2.39. The zero-order valence-corrected chi connectivity index (χ0v) is 26.9. The molecule has 0 aromatic heterocycles. The number of rotatable bonds is 22. The fraction of sp³-hybridized carbons (Fsp3) is 0.594. The molecule has 2 aromatic rings. The van der Waals surface area contributed by atoms with Crippen LogP contribution >= 0.6 is 23.2 Å². The van der Waals surface area contributed by atoms with Gasteiger partial charge in [-0.05, 0) is 29.7 Å². The molecule has 11 heteroatoms. The second-order valence-corrected chi connectivity index (χ2v) is 11.2. The number of hydrogen-bond donors (Lipinski definition) is 0. The van der Waals surface area contributed by atoms with Gasteiger partial charge in [-0.25, -0.2) is 0 Å². The SMILES string of the molecule is COCCOCCOCCOCCOCCOC1CCN(CC(c2ccccc2)N(C)C(=O)Cc2ccc(Cl)c(Cl)c2)C1. The summed E-state index contributed by atoms with van der Waals surface area (Å²) in [6, 6.07) is 15.4. The van der Waals surface area contributed by atoms with E-state index in [1.807, 2.05) is 36.2 Å². The van der Waals surface area contributed by atoms with Crippen molar-refractivity contribution in [3.63, 3.8) is 0 Å². The summed E-state index contributed by atoms with van der Waals surface area (Å²) >= 11 is 12.2. The summed E-state index contributed by atoms with van der Waals surface area (Å²) in [5, 5.41) is 0.932. The minimum atomic E-state index is -0.0850. The van der Waals surface area contributed by atoms with Crippen LogP contribution in [0.15, 0.2) is 48.5 Å². The fourth-order valence-electron chi connectivity index (χ4n) is 4.77. The van der Waals surface area contributed by atoms with Crippen molar-refractivity contribution in [2.24, 2.45) is 0 Å². The number of amides is 1. The van der Waals surface area contributed by atoms with Crippen LogP contribution < -0.4 is 0 Å². The predicted octanol–water partition coefficient (Wildman–Crippen LogP) is 4.54. The molecule has 1 saturated heterocycles. The molecule has 1 heterocycles. The average Bonchev–Trinajstić information content (AvgIpc) is 3.47. The molecule has 1 fully saturated rings. The van der Waals surface area contributed by atoms with Gasteiger partial charge in [-0.15, -0.1) is 0 Å². The van der Waals surface area contributed by atoms with Crippen molar-refractivity contribution < 1.29 is 33.2 Å². The van der Waals surface area contributed by atoms with Gasteiger partial charge in [0.1, 0.15) is 0 Å². The van der Waals surface area contributed by atoms with Crippen molar-refractivity contribution in [3.8, 4) is 0 Å². The van der Waals surface area contributed by atoms with Gasteiger partial charge in [0.05, 0.1) is 94.7 Å². The van der Waals surface area contributed by atoms with Crippen molar-refractivity contribution in [3.05, 3.63) is 69.7 Å². The zero-order valence-electron chi connectivity index (χ0n) is 25.4. The molecular weight excluding hydrogens is 595 g/mol. The van der Waals surface area contributed by atoms with Crippen molar-refractivity contribution in [1.82, 2.24) is 9.80 Å². The molecule has 3 rings (SSSR count). The Morgan fingerprint density at radius 3 is 2.07 bits per heavy atom. The summed E-state index contributed by atoms with van der Waals surface area (Å²) in [7, 11) is 3.52. The molecule has 0 spiro atoms. The summed E-state index contributed by atoms with van der Waals surface area (Å²) in [4.78, 5) is 17.5. The van der Waals surface area contributed by atoms with Gasteiger partial charge in [-0.2, -0.15) is 0 Å². The number of halogens is 2. The van der Waals surface area contributed by atoms with Crippen molar-refractivity contribution >= 4 is 29.1 Å². The number of nitrogens with zero attached hydrogens (tertiary/aromatic N) is 2. The Kier molecular flexibility index (Phi) is 17.5. The Hall–Kier alpha value is -1.79. The van der Waals surface area contributed by atoms with E-state index in [2.05, 4.69) is 17.0 Å². The molecule has 240 valence electrons. The second-order valence-electron chi connectivity index (χ2n) is 10.3. The Bertz CT molecular complexity index is 1050. The maximum absolute atomic E-state index is 13.3. The standard InChI is InChI=1S/C32H46Cl2N2O7/c1-35(32(37)23-26-8-9-29(33)30(34)22-26)31(27-6-4-3-5-7-27)25-36-11-10-28(24-36)43-21-20-42-19-18-41-17-16-40-15-14-39-13-12-38-2/h3-9,22,28,31H,10-21,23-25H2,1-2H3. The normalized spacial score (nSPS) is 16.0. The minimum Gasteiger partial charge on any atom is -0.382 e. The molecule has 0 radical (unpaired) electrons. The molecule has 0 saturated carbocycles. The third-order valence-electron chi connectivity index (χ3n) is 7.17. The molecule has 2 aromatic carbocycles. The quantitative estimate of drug-likeness (QED) is 0.174.